The summed E-state index contributed by atoms with van der Waals surface area (Å²) in [6.07, 6.45) is 3.04. The molecule has 112 valence electrons. The molecule has 6 nitrogen and oxygen atoms in total. The Labute approximate surface area is 124 Å². The highest BCUT2D eigenvalue weighted by atomic mass is 32.2. The number of unbranched alkanes of at least 4 members (excludes halogenated alkanes) is 1. The molecule has 1 saturated heterocycles. The molecule has 1 aromatic rings. The molecule has 7 heteroatoms. The van der Waals surface area contributed by atoms with Crippen LogP contribution in [0.3, 0.4) is 0 Å². The second-order valence-corrected chi connectivity index (χ2v) is 6.23. The number of β-amino-alcohol motifs (C(OH)–C–C–N with tert-alkyl or cyclic N) is 1. The SMILES string of the molecule is CCCCSc1nc(N)cc(NC[C@@]2(O)CCNC2)n1. The standard InChI is InChI=1S/C13H23N5OS/c1-2-3-6-20-12-17-10(14)7-11(18-12)16-9-13(19)4-5-15-8-13/h7,15,19H,2-6,8-9H2,1H3,(H3,14,16,17,18)/t13-/m1/s1. The highest BCUT2D eigenvalue weighted by Gasteiger charge is 2.30. The van der Waals surface area contributed by atoms with Crippen molar-refractivity contribution >= 4 is 23.4 Å². The molecule has 1 aliphatic rings. The number of hydrogen-bond acceptors (Lipinski definition) is 7. The summed E-state index contributed by atoms with van der Waals surface area (Å²) in [5.74, 6) is 2.13. The summed E-state index contributed by atoms with van der Waals surface area (Å²) < 4.78 is 0. The molecule has 1 atom stereocenters. The number of nitrogens with zero attached hydrogens (tertiary/aromatic N) is 2. The van der Waals surface area contributed by atoms with Gasteiger partial charge in [0.2, 0.25) is 0 Å². The van der Waals surface area contributed by atoms with Crippen molar-refractivity contribution in [3.05, 3.63) is 6.07 Å². The highest BCUT2D eigenvalue weighted by Crippen LogP contribution is 2.20. The number of aromatic nitrogens is 2. The van der Waals surface area contributed by atoms with Crippen molar-refractivity contribution < 1.29 is 5.11 Å². The third kappa shape index (κ3) is 4.50. The van der Waals surface area contributed by atoms with Gasteiger partial charge in [0.05, 0.1) is 5.60 Å². The Kier molecular flexibility index (Phi) is 5.45. The van der Waals surface area contributed by atoms with Crippen LogP contribution in [0.5, 0.6) is 0 Å². The summed E-state index contributed by atoms with van der Waals surface area (Å²) in [5, 5.41) is 17.3. The Balaban J connectivity index is 1.93. The topological polar surface area (TPSA) is 96.1 Å². The quantitative estimate of drug-likeness (QED) is 0.340. The lowest BCUT2D eigenvalue weighted by molar-refractivity contribution is 0.0751. The van der Waals surface area contributed by atoms with Gasteiger partial charge in [-0.2, -0.15) is 0 Å². The first kappa shape index (κ1) is 15.3. The first-order valence-electron chi connectivity index (χ1n) is 7.06. The predicted molar refractivity (Wildman–Crippen MR) is 83.0 cm³/mol. The minimum Gasteiger partial charge on any atom is -0.387 e. The minimum absolute atomic E-state index is 0.457. The number of hydrogen-bond donors (Lipinski definition) is 4. The Morgan fingerprint density at radius 1 is 1.55 bits per heavy atom. The van der Waals surface area contributed by atoms with Gasteiger partial charge in [-0.15, -0.1) is 0 Å². The molecular formula is C13H23N5OS. The summed E-state index contributed by atoms with van der Waals surface area (Å²) in [6.45, 7) is 4.08. The van der Waals surface area contributed by atoms with Crippen LogP contribution >= 0.6 is 11.8 Å². The van der Waals surface area contributed by atoms with Gasteiger partial charge in [0.1, 0.15) is 11.6 Å². The average molecular weight is 297 g/mol. The van der Waals surface area contributed by atoms with Crippen molar-refractivity contribution in [2.45, 2.75) is 36.9 Å². The van der Waals surface area contributed by atoms with Gasteiger partial charge in [0.25, 0.3) is 0 Å². The van der Waals surface area contributed by atoms with Gasteiger partial charge in [-0.1, -0.05) is 25.1 Å². The van der Waals surface area contributed by atoms with E-state index in [0.717, 1.165) is 31.6 Å². The zero-order chi connectivity index (χ0) is 14.4. The molecule has 0 bridgehead atoms. The van der Waals surface area contributed by atoms with Gasteiger partial charge >= 0.3 is 0 Å². The van der Waals surface area contributed by atoms with Crippen molar-refractivity contribution in [3.63, 3.8) is 0 Å². The molecule has 0 amide bonds. The molecule has 0 unspecified atom stereocenters. The fraction of sp³-hybridized carbons (Fsp3) is 0.692. The normalized spacial score (nSPS) is 22.1. The summed E-state index contributed by atoms with van der Waals surface area (Å²) in [7, 11) is 0. The van der Waals surface area contributed by atoms with Crippen molar-refractivity contribution in [1.29, 1.82) is 0 Å². The van der Waals surface area contributed by atoms with Gasteiger partial charge < -0.3 is 21.5 Å². The minimum atomic E-state index is -0.699. The summed E-state index contributed by atoms with van der Waals surface area (Å²) >= 11 is 1.61. The van der Waals surface area contributed by atoms with Crippen LogP contribution in [0.4, 0.5) is 11.6 Å². The second kappa shape index (κ2) is 7.10. The molecule has 20 heavy (non-hydrogen) atoms. The maximum absolute atomic E-state index is 10.3. The number of nitrogens with one attached hydrogen (secondary N) is 2. The first-order valence-corrected chi connectivity index (χ1v) is 8.04. The molecule has 1 fully saturated rings. The van der Waals surface area contributed by atoms with Crippen LogP contribution in [0.1, 0.15) is 26.2 Å². The highest BCUT2D eigenvalue weighted by molar-refractivity contribution is 7.99. The number of aliphatic hydroxyl groups is 1. The van der Waals surface area contributed by atoms with E-state index in [1.165, 1.54) is 0 Å². The maximum Gasteiger partial charge on any atom is 0.191 e. The van der Waals surface area contributed by atoms with E-state index >= 15 is 0 Å². The Morgan fingerprint density at radius 3 is 3.10 bits per heavy atom. The number of thioether (sulfide) groups is 1. The average Bonchev–Trinajstić information content (AvgIpc) is 2.84. The van der Waals surface area contributed by atoms with E-state index in [4.69, 9.17) is 5.73 Å². The van der Waals surface area contributed by atoms with Crippen LogP contribution in [-0.2, 0) is 0 Å². The monoisotopic (exact) mass is 297 g/mol. The maximum atomic E-state index is 10.3. The Morgan fingerprint density at radius 2 is 2.40 bits per heavy atom. The largest absolute Gasteiger partial charge is 0.387 e. The lowest BCUT2D eigenvalue weighted by Gasteiger charge is -2.22. The third-order valence-electron chi connectivity index (χ3n) is 3.27. The number of nitrogens with two attached hydrogens (primary N) is 1. The van der Waals surface area contributed by atoms with E-state index in [2.05, 4.69) is 27.5 Å². The van der Waals surface area contributed by atoms with E-state index < -0.39 is 5.60 Å². The van der Waals surface area contributed by atoms with Crippen molar-refractivity contribution in [2.24, 2.45) is 0 Å². The molecular weight excluding hydrogens is 274 g/mol. The molecule has 2 rings (SSSR count). The molecule has 0 radical (unpaired) electrons. The van der Waals surface area contributed by atoms with Gasteiger partial charge in [0.15, 0.2) is 5.16 Å². The number of nitrogen functional groups attached to an aromatic ring is 1. The Hall–Kier alpha value is -1.05. The number of anilines is 2. The van der Waals surface area contributed by atoms with Gasteiger partial charge in [0, 0.05) is 24.9 Å². The summed E-state index contributed by atoms with van der Waals surface area (Å²) in [6, 6.07) is 1.70. The van der Waals surface area contributed by atoms with E-state index in [-0.39, 0.29) is 0 Å². The lowest BCUT2D eigenvalue weighted by Crippen LogP contribution is -2.39. The molecule has 0 spiro atoms. The Bertz CT molecular complexity index is 437. The van der Waals surface area contributed by atoms with E-state index in [9.17, 15) is 5.11 Å². The number of rotatable bonds is 7. The van der Waals surface area contributed by atoms with E-state index in [1.807, 2.05) is 0 Å². The second-order valence-electron chi connectivity index (χ2n) is 5.17. The van der Waals surface area contributed by atoms with E-state index in [0.29, 0.717) is 29.9 Å². The van der Waals surface area contributed by atoms with Crippen LogP contribution in [0, 0.1) is 0 Å². The van der Waals surface area contributed by atoms with Crippen molar-refractivity contribution in [2.75, 3.05) is 36.4 Å². The van der Waals surface area contributed by atoms with Crippen LogP contribution in [0.15, 0.2) is 11.2 Å². The molecule has 0 aromatic carbocycles. The lowest BCUT2D eigenvalue weighted by atomic mass is 10.0. The zero-order valence-electron chi connectivity index (χ0n) is 11.9. The molecule has 5 N–H and O–H groups in total. The fourth-order valence-electron chi connectivity index (χ4n) is 2.04. The van der Waals surface area contributed by atoms with Crippen LogP contribution in [-0.4, -0.2) is 46.1 Å². The van der Waals surface area contributed by atoms with Crippen molar-refractivity contribution in [3.8, 4) is 0 Å². The zero-order valence-corrected chi connectivity index (χ0v) is 12.7. The van der Waals surface area contributed by atoms with Gasteiger partial charge in [-0.05, 0) is 19.4 Å². The summed E-state index contributed by atoms with van der Waals surface area (Å²) in [4.78, 5) is 8.64. The molecule has 1 aliphatic heterocycles. The fourth-order valence-corrected chi connectivity index (χ4v) is 2.99. The predicted octanol–water partition coefficient (Wildman–Crippen LogP) is 1.09. The van der Waals surface area contributed by atoms with E-state index in [1.54, 1.807) is 17.8 Å². The third-order valence-corrected chi connectivity index (χ3v) is 4.21. The van der Waals surface area contributed by atoms with Crippen LogP contribution in [0.2, 0.25) is 0 Å². The van der Waals surface area contributed by atoms with Crippen LogP contribution in [0.25, 0.3) is 0 Å². The first-order chi connectivity index (χ1) is 9.61. The van der Waals surface area contributed by atoms with Crippen molar-refractivity contribution in [1.82, 2.24) is 15.3 Å². The molecule has 0 aliphatic carbocycles. The molecule has 2 heterocycles. The van der Waals surface area contributed by atoms with Gasteiger partial charge in [-0.3, -0.25) is 0 Å². The molecule has 1 aromatic heterocycles. The van der Waals surface area contributed by atoms with Crippen LogP contribution < -0.4 is 16.4 Å². The molecule has 0 saturated carbocycles. The van der Waals surface area contributed by atoms with Gasteiger partial charge in [-0.25, -0.2) is 9.97 Å². The smallest absolute Gasteiger partial charge is 0.191 e. The summed E-state index contributed by atoms with van der Waals surface area (Å²) in [5.41, 5.74) is 5.10.